The second kappa shape index (κ2) is 6.60. The van der Waals surface area contributed by atoms with Crippen LogP contribution in [0.5, 0.6) is 0 Å². The maximum Gasteiger partial charge on any atom is 0.0241 e. The summed E-state index contributed by atoms with van der Waals surface area (Å²) in [6.45, 7) is 13.7. The Kier molecular flexibility index (Phi) is 5.71. The van der Waals surface area contributed by atoms with Gasteiger partial charge in [0.05, 0.1) is 0 Å². The van der Waals surface area contributed by atoms with Crippen molar-refractivity contribution in [2.24, 2.45) is 11.3 Å². The van der Waals surface area contributed by atoms with Gasteiger partial charge in [-0.15, -0.1) is 0 Å². The molecule has 1 aliphatic carbocycles. The van der Waals surface area contributed by atoms with Gasteiger partial charge < -0.3 is 10.6 Å². The first kappa shape index (κ1) is 15.6. The van der Waals surface area contributed by atoms with Gasteiger partial charge in [-0.05, 0) is 57.6 Å². The summed E-state index contributed by atoms with van der Waals surface area (Å²) in [7, 11) is 0. The Morgan fingerprint density at radius 3 is 2.39 bits per heavy atom. The lowest BCUT2D eigenvalue weighted by molar-refractivity contribution is 0.149. The smallest absolute Gasteiger partial charge is 0.0241 e. The van der Waals surface area contributed by atoms with E-state index in [4.69, 9.17) is 0 Å². The molecule has 1 saturated carbocycles. The van der Waals surface area contributed by atoms with Crippen LogP contribution >= 0.6 is 0 Å². The van der Waals surface area contributed by atoms with E-state index in [-0.39, 0.29) is 0 Å². The standard InChI is InChI=1S/C16H32N2/c1-12(2)17-8-7-14(4)18-15-9-13(3)10-16(5,6)11-15/h7-8,12-15,17-18H,9-11H2,1-6H3/b8-7+. The Labute approximate surface area is 114 Å². The average molecular weight is 252 g/mol. The molecule has 0 heterocycles. The normalized spacial score (nSPS) is 29.7. The van der Waals surface area contributed by atoms with Crippen LogP contribution in [0.4, 0.5) is 0 Å². The molecule has 106 valence electrons. The Morgan fingerprint density at radius 2 is 1.83 bits per heavy atom. The van der Waals surface area contributed by atoms with Crippen LogP contribution in [0.3, 0.4) is 0 Å². The van der Waals surface area contributed by atoms with Crippen LogP contribution in [-0.2, 0) is 0 Å². The van der Waals surface area contributed by atoms with Gasteiger partial charge in [0.2, 0.25) is 0 Å². The van der Waals surface area contributed by atoms with Gasteiger partial charge in [-0.2, -0.15) is 0 Å². The highest BCUT2D eigenvalue weighted by atomic mass is 15.0. The second-order valence-electron chi connectivity index (χ2n) is 7.25. The Bertz CT molecular complexity index is 268. The van der Waals surface area contributed by atoms with E-state index in [2.05, 4.69) is 64.5 Å². The van der Waals surface area contributed by atoms with E-state index < -0.39 is 0 Å². The number of hydrogen-bond acceptors (Lipinski definition) is 2. The molecule has 0 aromatic heterocycles. The van der Waals surface area contributed by atoms with Crippen molar-refractivity contribution in [3.63, 3.8) is 0 Å². The molecule has 0 saturated heterocycles. The van der Waals surface area contributed by atoms with E-state index in [1.165, 1.54) is 19.3 Å². The third kappa shape index (κ3) is 5.90. The lowest BCUT2D eigenvalue weighted by Crippen LogP contribution is -2.43. The van der Waals surface area contributed by atoms with Gasteiger partial charge >= 0.3 is 0 Å². The second-order valence-corrected chi connectivity index (χ2v) is 7.25. The molecule has 2 nitrogen and oxygen atoms in total. The molecule has 2 N–H and O–H groups in total. The van der Waals surface area contributed by atoms with Crippen LogP contribution in [0.25, 0.3) is 0 Å². The van der Waals surface area contributed by atoms with Gasteiger partial charge in [0.15, 0.2) is 0 Å². The molecule has 0 spiro atoms. The molecule has 3 atom stereocenters. The van der Waals surface area contributed by atoms with Crippen molar-refractivity contribution in [1.82, 2.24) is 10.6 Å². The summed E-state index contributed by atoms with van der Waals surface area (Å²) >= 11 is 0. The molecule has 0 aliphatic heterocycles. The highest BCUT2D eigenvalue weighted by Crippen LogP contribution is 2.38. The van der Waals surface area contributed by atoms with Crippen molar-refractivity contribution in [3.05, 3.63) is 12.3 Å². The lowest BCUT2D eigenvalue weighted by Gasteiger charge is -2.40. The first-order valence-electron chi connectivity index (χ1n) is 7.47. The zero-order valence-corrected chi connectivity index (χ0v) is 13.1. The molecule has 3 unspecified atom stereocenters. The molecule has 0 aromatic rings. The fourth-order valence-corrected chi connectivity index (χ4v) is 3.29. The van der Waals surface area contributed by atoms with Crippen LogP contribution < -0.4 is 10.6 Å². The van der Waals surface area contributed by atoms with Crippen LogP contribution in [-0.4, -0.2) is 18.1 Å². The third-order valence-electron chi connectivity index (χ3n) is 3.70. The zero-order chi connectivity index (χ0) is 13.8. The van der Waals surface area contributed by atoms with Crippen molar-refractivity contribution in [2.45, 2.75) is 78.9 Å². The number of nitrogens with one attached hydrogen (secondary N) is 2. The molecule has 1 rings (SSSR count). The largest absolute Gasteiger partial charge is 0.389 e. The predicted molar refractivity (Wildman–Crippen MR) is 80.6 cm³/mol. The average Bonchev–Trinajstić information content (AvgIpc) is 2.12. The van der Waals surface area contributed by atoms with E-state index in [1.807, 2.05) is 0 Å². The first-order chi connectivity index (χ1) is 8.28. The molecule has 0 bridgehead atoms. The summed E-state index contributed by atoms with van der Waals surface area (Å²) in [6.07, 6.45) is 8.29. The van der Waals surface area contributed by atoms with Crippen molar-refractivity contribution in [2.75, 3.05) is 0 Å². The minimum Gasteiger partial charge on any atom is -0.389 e. The molecule has 0 aromatic carbocycles. The molecular weight excluding hydrogens is 220 g/mol. The van der Waals surface area contributed by atoms with E-state index in [9.17, 15) is 0 Å². The third-order valence-corrected chi connectivity index (χ3v) is 3.70. The summed E-state index contributed by atoms with van der Waals surface area (Å²) in [5.74, 6) is 0.844. The summed E-state index contributed by atoms with van der Waals surface area (Å²) in [5.41, 5.74) is 0.495. The summed E-state index contributed by atoms with van der Waals surface area (Å²) < 4.78 is 0. The zero-order valence-electron chi connectivity index (χ0n) is 13.1. The highest BCUT2D eigenvalue weighted by molar-refractivity contribution is 4.94. The van der Waals surface area contributed by atoms with Crippen LogP contribution in [0.15, 0.2) is 12.3 Å². The Morgan fingerprint density at radius 1 is 1.17 bits per heavy atom. The van der Waals surface area contributed by atoms with Gasteiger partial charge in [0.25, 0.3) is 0 Å². The molecule has 0 radical (unpaired) electrons. The number of hydrogen-bond donors (Lipinski definition) is 2. The fraction of sp³-hybridized carbons (Fsp3) is 0.875. The maximum absolute atomic E-state index is 3.75. The van der Waals surface area contributed by atoms with Gasteiger partial charge in [-0.1, -0.05) is 26.8 Å². The van der Waals surface area contributed by atoms with Crippen molar-refractivity contribution >= 4 is 0 Å². The Hall–Kier alpha value is -0.500. The quantitative estimate of drug-likeness (QED) is 0.780. The minimum absolute atomic E-state index is 0.447. The summed E-state index contributed by atoms with van der Waals surface area (Å²) in [5, 5.41) is 7.07. The number of rotatable bonds is 5. The minimum atomic E-state index is 0.447. The van der Waals surface area contributed by atoms with E-state index in [1.54, 1.807) is 0 Å². The molecule has 1 fully saturated rings. The Balaban J connectivity index is 2.39. The van der Waals surface area contributed by atoms with Crippen LogP contribution in [0.2, 0.25) is 0 Å². The maximum atomic E-state index is 3.75. The highest BCUT2D eigenvalue weighted by Gasteiger charge is 2.31. The molecule has 18 heavy (non-hydrogen) atoms. The molecule has 0 amide bonds. The summed E-state index contributed by atoms with van der Waals surface area (Å²) in [4.78, 5) is 0. The van der Waals surface area contributed by atoms with Crippen molar-refractivity contribution < 1.29 is 0 Å². The molecular formula is C16H32N2. The van der Waals surface area contributed by atoms with Crippen LogP contribution in [0.1, 0.15) is 60.8 Å². The molecule has 2 heteroatoms. The van der Waals surface area contributed by atoms with Crippen molar-refractivity contribution in [1.29, 1.82) is 0 Å². The van der Waals surface area contributed by atoms with Gasteiger partial charge in [0, 0.05) is 18.1 Å². The predicted octanol–water partition coefficient (Wildman–Crippen LogP) is 3.69. The van der Waals surface area contributed by atoms with E-state index >= 15 is 0 Å². The first-order valence-corrected chi connectivity index (χ1v) is 7.47. The molecule has 1 aliphatic rings. The topological polar surface area (TPSA) is 24.1 Å². The van der Waals surface area contributed by atoms with Crippen molar-refractivity contribution in [3.8, 4) is 0 Å². The monoisotopic (exact) mass is 252 g/mol. The van der Waals surface area contributed by atoms with Crippen LogP contribution in [0, 0.1) is 11.3 Å². The van der Waals surface area contributed by atoms with E-state index in [0.717, 1.165) is 5.92 Å². The SMILES string of the molecule is CC1CC(NC(C)/C=C/NC(C)C)CC(C)(C)C1. The fourth-order valence-electron chi connectivity index (χ4n) is 3.29. The lowest BCUT2D eigenvalue weighted by atomic mass is 9.70. The summed E-state index contributed by atoms with van der Waals surface area (Å²) in [6, 6.07) is 1.63. The van der Waals surface area contributed by atoms with E-state index in [0.29, 0.717) is 23.5 Å². The van der Waals surface area contributed by atoms with Gasteiger partial charge in [-0.25, -0.2) is 0 Å². The van der Waals surface area contributed by atoms with Gasteiger partial charge in [-0.3, -0.25) is 0 Å². The van der Waals surface area contributed by atoms with Gasteiger partial charge in [0.1, 0.15) is 0 Å².